The molecule has 0 bridgehead atoms. The summed E-state index contributed by atoms with van der Waals surface area (Å²) in [7, 11) is 1.30. The van der Waals surface area contributed by atoms with Crippen LogP contribution in [-0.2, 0) is 16.0 Å². The number of amides is 1. The summed E-state index contributed by atoms with van der Waals surface area (Å²) in [6.07, 6.45) is 0.893. The molecule has 25 heavy (non-hydrogen) atoms. The SMILES string of the molecule is COc1ccc(C(NC(=O)CCCc2nc(C)no2)C(=O)O)cc1F. The van der Waals surface area contributed by atoms with Gasteiger partial charge in [-0.2, -0.15) is 4.98 Å². The van der Waals surface area contributed by atoms with Crippen molar-refractivity contribution in [1.82, 2.24) is 15.5 Å². The number of rotatable bonds is 8. The summed E-state index contributed by atoms with van der Waals surface area (Å²) < 4.78 is 23.5. The number of aromatic nitrogens is 2. The van der Waals surface area contributed by atoms with Gasteiger partial charge in [0, 0.05) is 12.8 Å². The van der Waals surface area contributed by atoms with Crippen molar-refractivity contribution >= 4 is 11.9 Å². The summed E-state index contributed by atoms with van der Waals surface area (Å²) >= 11 is 0. The normalized spacial score (nSPS) is 11.8. The molecular weight excluding hydrogens is 333 g/mol. The van der Waals surface area contributed by atoms with Crippen LogP contribution >= 0.6 is 0 Å². The maximum atomic E-state index is 13.8. The average molecular weight is 351 g/mol. The van der Waals surface area contributed by atoms with E-state index in [4.69, 9.17) is 9.26 Å². The van der Waals surface area contributed by atoms with Crippen LogP contribution in [0.2, 0.25) is 0 Å². The maximum absolute atomic E-state index is 13.8. The molecule has 8 nitrogen and oxygen atoms in total. The van der Waals surface area contributed by atoms with Crippen LogP contribution < -0.4 is 10.1 Å². The second-order valence-corrected chi connectivity index (χ2v) is 5.32. The molecule has 1 atom stereocenters. The van der Waals surface area contributed by atoms with E-state index in [0.29, 0.717) is 24.6 Å². The first-order valence-electron chi connectivity index (χ1n) is 7.55. The van der Waals surface area contributed by atoms with Gasteiger partial charge in [-0.15, -0.1) is 0 Å². The summed E-state index contributed by atoms with van der Waals surface area (Å²) in [6.45, 7) is 1.69. The highest BCUT2D eigenvalue weighted by Crippen LogP contribution is 2.22. The minimum absolute atomic E-state index is 0.00549. The predicted molar refractivity (Wildman–Crippen MR) is 83.4 cm³/mol. The molecular formula is C16H18FN3O5. The highest BCUT2D eigenvalue weighted by Gasteiger charge is 2.23. The number of hydrogen-bond acceptors (Lipinski definition) is 6. The number of methoxy groups -OCH3 is 1. The Morgan fingerprint density at radius 2 is 2.20 bits per heavy atom. The van der Waals surface area contributed by atoms with Crippen molar-refractivity contribution < 1.29 is 28.3 Å². The van der Waals surface area contributed by atoms with Crippen molar-refractivity contribution in [3.63, 3.8) is 0 Å². The monoisotopic (exact) mass is 351 g/mol. The molecule has 0 aliphatic heterocycles. The second-order valence-electron chi connectivity index (χ2n) is 5.32. The number of carboxylic acid groups (broad SMARTS) is 1. The highest BCUT2D eigenvalue weighted by atomic mass is 19.1. The fourth-order valence-electron chi connectivity index (χ4n) is 2.22. The van der Waals surface area contributed by atoms with Gasteiger partial charge in [0.15, 0.2) is 23.4 Å². The number of aryl methyl sites for hydroxylation is 2. The Labute approximate surface area is 143 Å². The van der Waals surface area contributed by atoms with E-state index in [1.165, 1.54) is 19.2 Å². The fraction of sp³-hybridized carbons (Fsp3) is 0.375. The first-order chi connectivity index (χ1) is 11.9. The predicted octanol–water partition coefficient (Wildman–Crippen LogP) is 1.79. The van der Waals surface area contributed by atoms with Crippen molar-refractivity contribution in [2.45, 2.75) is 32.2 Å². The summed E-state index contributed by atoms with van der Waals surface area (Å²) in [6, 6.07) is 2.38. The lowest BCUT2D eigenvalue weighted by molar-refractivity contribution is -0.142. The second kappa shape index (κ2) is 8.22. The largest absolute Gasteiger partial charge is 0.494 e. The van der Waals surface area contributed by atoms with Crippen molar-refractivity contribution in [2.75, 3.05) is 7.11 Å². The topological polar surface area (TPSA) is 115 Å². The van der Waals surface area contributed by atoms with E-state index in [1.54, 1.807) is 6.92 Å². The smallest absolute Gasteiger partial charge is 0.330 e. The quantitative estimate of drug-likeness (QED) is 0.745. The Kier molecular flexibility index (Phi) is 6.04. The van der Waals surface area contributed by atoms with Crippen molar-refractivity contribution in [2.24, 2.45) is 0 Å². The Morgan fingerprint density at radius 3 is 2.76 bits per heavy atom. The minimum atomic E-state index is -1.35. The van der Waals surface area contributed by atoms with Crippen LogP contribution in [0, 0.1) is 12.7 Å². The lowest BCUT2D eigenvalue weighted by Gasteiger charge is -2.15. The van der Waals surface area contributed by atoms with Crippen LogP contribution in [0.15, 0.2) is 22.7 Å². The van der Waals surface area contributed by atoms with Crippen LogP contribution in [0.25, 0.3) is 0 Å². The van der Waals surface area contributed by atoms with E-state index in [2.05, 4.69) is 15.5 Å². The van der Waals surface area contributed by atoms with E-state index >= 15 is 0 Å². The van der Waals surface area contributed by atoms with Crippen LogP contribution in [0.3, 0.4) is 0 Å². The number of ether oxygens (including phenoxy) is 1. The van der Waals surface area contributed by atoms with Crippen molar-refractivity contribution in [3.05, 3.63) is 41.3 Å². The number of halogens is 1. The molecule has 0 aliphatic rings. The van der Waals surface area contributed by atoms with Gasteiger partial charge in [0.2, 0.25) is 11.8 Å². The third-order valence-electron chi connectivity index (χ3n) is 3.43. The van der Waals surface area contributed by atoms with Crippen LogP contribution in [0.5, 0.6) is 5.75 Å². The Morgan fingerprint density at radius 1 is 1.44 bits per heavy atom. The zero-order chi connectivity index (χ0) is 18.4. The summed E-state index contributed by atoms with van der Waals surface area (Å²) in [5.74, 6) is -1.55. The molecule has 2 rings (SSSR count). The number of carbonyl (C=O) groups is 2. The molecule has 134 valence electrons. The lowest BCUT2D eigenvalue weighted by atomic mass is 10.1. The Bertz CT molecular complexity index is 762. The fourth-order valence-corrected chi connectivity index (χ4v) is 2.22. The third kappa shape index (κ3) is 5.00. The van der Waals surface area contributed by atoms with Crippen LogP contribution in [0.1, 0.15) is 36.2 Å². The van der Waals surface area contributed by atoms with Gasteiger partial charge in [0.25, 0.3) is 0 Å². The zero-order valence-electron chi connectivity index (χ0n) is 13.8. The van der Waals surface area contributed by atoms with Gasteiger partial charge in [-0.05, 0) is 31.0 Å². The van der Waals surface area contributed by atoms with Crippen LogP contribution in [0.4, 0.5) is 4.39 Å². The molecule has 1 aromatic carbocycles. The molecule has 1 amide bonds. The Balaban J connectivity index is 1.95. The van der Waals surface area contributed by atoms with E-state index < -0.39 is 23.7 Å². The molecule has 1 unspecified atom stereocenters. The molecule has 0 fully saturated rings. The summed E-state index contributed by atoms with van der Waals surface area (Å²) in [4.78, 5) is 27.4. The molecule has 2 aromatic rings. The molecule has 0 spiro atoms. The zero-order valence-corrected chi connectivity index (χ0v) is 13.8. The molecule has 1 heterocycles. The third-order valence-corrected chi connectivity index (χ3v) is 3.43. The number of aliphatic carboxylic acids is 1. The number of carboxylic acids is 1. The van der Waals surface area contributed by atoms with E-state index in [-0.39, 0.29) is 17.7 Å². The first kappa shape index (κ1) is 18.4. The van der Waals surface area contributed by atoms with E-state index in [9.17, 15) is 19.1 Å². The van der Waals surface area contributed by atoms with Crippen LogP contribution in [-0.4, -0.2) is 34.2 Å². The number of carbonyl (C=O) groups excluding carboxylic acids is 1. The van der Waals surface area contributed by atoms with Crippen molar-refractivity contribution in [1.29, 1.82) is 0 Å². The molecule has 0 aliphatic carbocycles. The van der Waals surface area contributed by atoms with Gasteiger partial charge in [0.1, 0.15) is 0 Å². The highest BCUT2D eigenvalue weighted by molar-refractivity contribution is 5.84. The average Bonchev–Trinajstić information content (AvgIpc) is 2.97. The molecule has 1 aromatic heterocycles. The molecule has 0 saturated heterocycles. The molecule has 0 saturated carbocycles. The van der Waals surface area contributed by atoms with E-state index in [1.807, 2.05) is 0 Å². The summed E-state index contributed by atoms with van der Waals surface area (Å²) in [5, 5.41) is 15.3. The first-order valence-corrected chi connectivity index (χ1v) is 7.55. The van der Waals surface area contributed by atoms with Gasteiger partial charge in [-0.25, -0.2) is 9.18 Å². The number of hydrogen-bond donors (Lipinski definition) is 2. The van der Waals surface area contributed by atoms with Gasteiger partial charge in [0.05, 0.1) is 7.11 Å². The molecule has 0 radical (unpaired) electrons. The van der Waals surface area contributed by atoms with Gasteiger partial charge >= 0.3 is 5.97 Å². The minimum Gasteiger partial charge on any atom is -0.494 e. The lowest BCUT2D eigenvalue weighted by Crippen LogP contribution is -2.33. The molecule has 2 N–H and O–H groups in total. The number of nitrogens with zero attached hydrogens (tertiary/aromatic N) is 2. The number of benzene rings is 1. The van der Waals surface area contributed by atoms with E-state index in [0.717, 1.165) is 6.07 Å². The van der Waals surface area contributed by atoms with Gasteiger partial charge in [-0.3, -0.25) is 4.79 Å². The summed E-state index contributed by atoms with van der Waals surface area (Å²) in [5.41, 5.74) is 0.117. The van der Waals surface area contributed by atoms with Crippen molar-refractivity contribution in [3.8, 4) is 5.75 Å². The van der Waals surface area contributed by atoms with Gasteiger partial charge < -0.3 is 19.7 Å². The molecule has 9 heteroatoms. The Hall–Kier alpha value is -2.97. The number of nitrogens with one attached hydrogen (secondary N) is 1. The maximum Gasteiger partial charge on any atom is 0.330 e. The standard InChI is InChI=1S/C16H18FN3O5/c1-9-18-14(25-20-9)5-3-4-13(21)19-15(16(22)23)10-6-7-12(24-2)11(17)8-10/h6-8,15H,3-5H2,1-2H3,(H,19,21)(H,22,23). The van der Waals surface area contributed by atoms with Gasteiger partial charge in [-0.1, -0.05) is 11.2 Å².